The third kappa shape index (κ3) is 4.80. The Labute approximate surface area is 185 Å². The van der Waals surface area contributed by atoms with Gasteiger partial charge in [-0.25, -0.2) is 9.37 Å². The Hall–Kier alpha value is -3.11. The van der Waals surface area contributed by atoms with Crippen LogP contribution in [0.4, 0.5) is 10.1 Å². The summed E-state index contributed by atoms with van der Waals surface area (Å²) >= 11 is 2.55. The fraction of sp³-hybridized carbons (Fsp3) is 0.190. The lowest BCUT2D eigenvalue weighted by atomic mass is 10.2. The van der Waals surface area contributed by atoms with E-state index in [1.54, 1.807) is 10.6 Å². The van der Waals surface area contributed by atoms with Gasteiger partial charge in [-0.05, 0) is 42.8 Å². The molecule has 0 aliphatic heterocycles. The second kappa shape index (κ2) is 9.36. The van der Waals surface area contributed by atoms with Crippen molar-refractivity contribution in [3.63, 3.8) is 0 Å². The van der Waals surface area contributed by atoms with Gasteiger partial charge in [0.15, 0.2) is 5.16 Å². The minimum absolute atomic E-state index is 0.0634. The van der Waals surface area contributed by atoms with E-state index in [1.165, 1.54) is 47.4 Å². The number of carbonyl (C=O) groups is 1. The van der Waals surface area contributed by atoms with Gasteiger partial charge in [-0.3, -0.25) is 14.2 Å². The topological polar surface area (TPSA) is 89.8 Å². The Morgan fingerprint density at radius 2 is 1.94 bits per heavy atom. The molecule has 4 rings (SSSR count). The first-order chi connectivity index (χ1) is 15.0. The Morgan fingerprint density at radius 1 is 1.16 bits per heavy atom. The van der Waals surface area contributed by atoms with Gasteiger partial charge in [-0.2, -0.15) is 0 Å². The van der Waals surface area contributed by atoms with E-state index in [4.69, 9.17) is 0 Å². The van der Waals surface area contributed by atoms with Crippen molar-refractivity contribution in [1.82, 2.24) is 19.7 Å². The summed E-state index contributed by atoms with van der Waals surface area (Å²) in [5.74, 6) is -0.361. The molecule has 0 aliphatic carbocycles. The highest BCUT2D eigenvalue weighted by Gasteiger charge is 2.16. The van der Waals surface area contributed by atoms with Crippen LogP contribution in [-0.4, -0.2) is 25.7 Å². The van der Waals surface area contributed by atoms with Gasteiger partial charge in [-0.15, -0.1) is 10.2 Å². The van der Waals surface area contributed by atoms with E-state index in [0.717, 1.165) is 6.42 Å². The van der Waals surface area contributed by atoms with Crippen LogP contribution in [-0.2, 0) is 12.3 Å². The van der Waals surface area contributed by atoms with Crippen molar-refractivity contribution in [2.75, 3.05) is 5.32 Å². The molecule has 2 aromatic carbocycles. The van der Waals surface area contributed by atoms with E-state index in [9.17, 15) is 14.0 Å². The van der Waals surface area contributed by atoms with E-state index in [-0.39, 0.29) is 16.4 Å². The lowest BCUT2D eigenvalue weighted by Gasteiger charge is -2.11. The number of amides is 1. The number of aromatic nitrogens is 4. The highest BCUT2D eigenvalue weighted by Crippen LogP contribution is 2.24. The van der Waals surface area contributed by atoms with Crippen LogP contribution in [0, 0.1) is 5.82 Å². The standard InChI is InChI=1S/C21H18FN5O2S2/c1-2-11-27-20(29)15-5-3-4-6-16(15)24-21(27)30-12-17-25-26-19(31-17)18(28)23-14-9-7-13(22)8-10-14/h3-10H,2,11-12H2,1H3,(H,23,28). The minimum atomic E-state index is -0.410. The van der Waals surface area contributed by atoms with E-state index >= 15 is 0 Å². The number of nitrogens with one attached hydrogen (secondary N) is 1. The number of hydrogen-bond donors (Lipinski definition) is 1. The number of para-hydroxylation sites is 1. The first-order valence-electron chi connectivity index (χ1n) is 9.57. The molecule has 1 N–H and O–H groups in total. The maximum absolute atomic E-state index is 13.0. The van der Waals surface area contributed by atoms with Crippen LogP contribution < -0.4 is 10.9 Å². The Bertz CT molecular complexity index is 1290. The number of nitrogens with zero attached hydrogens (tertiary/aromatic N) is 4. The van der Waals surface area contributed by atoms with E-state index < -0.39 is 5.91 Å². The summed E-state index contributed by atoms with van der Waals surface area (Å²) in [7, 11) is 0. The molecular formula is C21H18FN5O2S2. The third-order valence-electron chi connectivity index (χ3n) is 4.36. The molecule has 31 heavy (non-hydrogen) atoms. The maximum atomic E-state index is 13.0. The van der Waals surface area contributed by atoms with Crippen molar-refractivity contribution in [2.24, 2.45) is 0 Å². The van der Waals surface area contributed by atoms with Crippen LogP contribution in [0.2, 0.25) is 0 Å². The van der Waals surface area contributed by atoms with Crippen LogP contribution in [0.1, 0.15) is 28.2 Å². The van der Waals surface area contributed by atoms with Gasteiger partial charge in [0, 0.05) is 12.2 Å². The normalized spacial score (nSPS) is 11.0. The molecule has 0 radical (unpaired) electrons. The molecule has 0 spiro atoms. The van der Waals surface area contributed by atoms with Gasteiger partial charge in [0.2, 0.25) is 5.01 Å². The third-order valence-corrected chi connectivity index (χ3v) is 6.45. The summed E-state index contributed by atoms with van der Waals surface area (Å²) in [5.41, 5.74) is 1.06. The van der Waals surface area contributed by atoms with Gasteiger partial charge >= 0.3 is 0 Å². The van der Waals surface area contributed by atoms with Crippen molar-refractivity contribution in [2.45, 2.75) is 30.8 Å². The molecule has 158 valence electrons. The quantitative estimate of drug-likeness (QED) is 0.329. The molecule has 1 amide bonds. The number of hydrogen-bond acceptors (Lipinski definition) is 7. The fourth-order valence-corrected chi connectivity index (χ4v) is 4.67. The Morgan fingerprint density at radius 3 is 2.71 bits per heavy atom. The van der Waals surface area contributed by atoms with Gasteiger partial charge in [0.05, 0.1) is 16.7 Å². The number of fused-ring (bicyclic) bond motifs is 1. The van der Waals surface area contributed by atoms with Gasteiger partial charge < -0.3 is 5.32 Å². The summed E-state index contributed by atoms with van der Waals surface area (Å²) < 4.78 is 14.7. The zero-order valence-corrected chi connectivity index (χ0v) is 18.2. The number of benzene rings is 2. The number of carbonyl (C=O) groups excluding carboxylic acids is 1. The van der Waals surface area contributed by atoms with Crippen LogP contribution >= 0.6 is 23.1 Å². The molecule has 0 fully saturated rings. The molecule has 10 heteroatoms. The number of halogens is 1. The molecule has 0 bridgehead atoms. The zero-order chi connectivity index (χ0) is 21.8. The lowest BCUT2D eigenvalue weighted by Crippen LogP contribution is -2.23. The Balaban J connectivity index is 1.50. The van der Waals surface area contributed by atoms with Gasteiger partial charge in [0.1, 0.15) is 10.8 Å². The van der Waals surface area contributed by atoms with Crippen molar-refractivity contribution < 1.29 is 9.18 Å². The van der Waals surface area contributed by atoms with Gasteiger partial charge in [-0.1, -0.05) is 42.2 Å². The molecule has 0 aliphatic rings. The largest absolute Gasteiger partial charge is 0.320 e. The fourth-order valence-electron chi connectivity index (χ4n) is 2.93. The molecule has 4 aromatic rings. The first-order valence-corrected chi connectivity index (χ1v) is 11.4. The highest BCUT2D eigenvalue weighted by atomic mass is 32.2. The van der Waals surface area contributed by atoms with E-state index in [1.807, 2.05) is 25.1 Å². The summed E-state index contributed by atoms with van der Waals surface area (Å²) in [6.45, 7) is 2.58. The summed E-state index contributed by atoms with van der Waals surface area (Å²) in [6.07, 6.45) is 0.806. The predicted molar refractivity (Wildman–Crippen MR) is 120 cm³/mol. The predicted octanol–water partition coefficient (Wildman–Crippen LogP) is 4.34. The second-order valence-corrected chi connectivity index (χ2v) is 8.62. The average Bonchev–Trinajstić information content (AvgIpc) is 3.25. The smallest absolute Gasteiger partial charge is 0.286 e. The number of rotatable bonds is 7. The van der Waals surface area contributed by atoms with Crippen LogP contribution in [0.25, 0.3) is 10.9 Å². The molecule has 2 heterocycles. The minimum Gasteiger partial charge on any atom is -0.320 e. The highest BCUT2D eigenvalue weighted by molar-refractivity contribution is 7.98. The Kier molecular flexibility index (Phi) is 6.38. The number of anilines is 1. The average molecular weight is 456 g/mol. The molecule has 0 saturated heterocycles. The van der Waals surface area contributed by atoms with Crippen LogP contribution in [0.5, 0.6) is 0 Å². The van der Waals surface area contributed by atoms with Crippen molar-refractivity contribution in [3.8, 4) is 0 Å². The summed E-state index contributed by atoms with van der Waals surface area (Å²) in [4.78, 5) is 29.8. The molecule has 0 unspecified atom stereocenters. The van der Waals surface area contributed by atoms with Gasteiger partial charge in [0.25, 0.3) is 11.5 Å². The van der Waals surface area contributed by atoms with E-state index in [2.05, 4.69) is 20.5 Å². The zero-order valence-electron chi connectivity index (χ0n) is 16.5. The van der Waals surface area contributed by atoms with E-state index in [0.29, 0.717) is 39.1 Å². The van der Waals surface area contributed by atoms with Crippen LogP contribution in [0.15, 0.2) is 58.5 Å². The SMILES string of the molecule is CCCn1c(SCc2nnc(C(=O)Nc3ccc(F)cc3)s2)nc2ccccc2c1=O. The van der Waals surface area contributed by atoms with Crippen LogP contribution in [0.3, 0.4) is 0 Å². The summed E-state index contributed by atoms with van der Waals surface area (Å²) in [5, 5.41) is 12.7. The second-order valence-electron chi connectivity index (χ2n) is 6.62. The summed E-state index contributed by atoms with van der Waals surface area (Å²) in [6, 6.07) is 12.8. The van der Waals surface area contributed by atoms with Crippen molar-refractivity contribution >= 4 is 45.6 Å². The van der Waals surface area contributed by atoms with Crippen molar-refractivity contribution in [1.29, 1.82) is 0 Å². The molecule has 0 atom stereocenters. The molecular weight excluding hydrogens is 437 g/mol. The molecule has 7 nitrogen and oxygen atoms in total. The molecule has 0 saturated carbocycles. The first kappa shape index (κ1) is 21.1. The lowest BCUT2D eigenvalue weighted by molar-refractivity contribution is 0.102. The maximum Gasteiger partial charge on any atom is 0.286 e. The molecule has 2 aromatic heterocycles. The van der Waals surface area contributed by atoms with Crippen molar-refractivity contribution in [3.05, 3.63) is 74.7 Å². The monoisotopic (exact) mass is 455 g/mol. The number of thioether (sulfide) groups is 1.